The van der Waals surface area contributed by atoms with Crippen LogP contribution in [0.15, 0.2) is 35.3 Å². The Kier molecular flexibility index (Phi) is 9.10. The molecule has 1 rings (SSSR count). The van der Waals surface area contributed by atoms with Crippen molar-refractivity contribution < 1.29 is 38.9 Å². The van der Waals surface area contributed by atoms with Crippen molar-refractivity contribution in [3.05, 3.63) is 35.9 Å². The highest BCUT2D eigenvalue weighted by Crippen LogP contribution is 2.37. The molecule has 150 valence electrons. The van der Waals surface area contributed by atoms with Gasteiger partial charge < -0.3 is 29.8 Å². The fraction of sp³-hybridized carbons (Fsp3) is 0.438. The van der Waals surface area contributed by atoms with Gasteiger partial charge in [-0.3, -0.25) is 9.52 Å². The minimum atomic E-state index is -4.34. The molecule has 0 spiro atoms. The largest absolute Gasteiger partial charge is 0.861 e. The van der Waals surface area contributed by atoms with Crippen molar-refractivity contribution >= 4 is 25.6 Å². The molecule has 11 heteroatoms. The second-order valence-corrected chi connectivity index (χ2v) is 7.08. The van der Waals surface area contributed by atoms with Crippen LogP contribution < -0.4 is 20.4 Å². The van der Waals surface area contributed by atoms with E-state index in [1.807, 2.05) is 0 Å². The first-order valence-electron chi connectivity index (χ1n) is 8.09. The van der Waals surface area contributed by atoms with Crippen LogP contribution in [0, 0.1) is 0 Å². The third kappa shape index (κ3) is 8.78. The van der Waals surface area contributed by atoms with Gasteiger partial charge in [0.05, 0.1) is 18.6 Å². The number of aliphatic imine (C=N–C) groups is 1. The molecule has 10 nitrogen and oxygen atoms in total. The molecular formula is C16H20N2O8P-3. The van der Waals surface area contributed by atoms with E-state index >= 15 is 0 Å². The van der Waals surface area contributed by atoms with Crippen LogP contribution in [0.2, 0.25) is 0 Å². The van der Waals surface area contributed by atoms with E-state index in [0.29, 0.717) is 5.56 Å². The molecule has 0 heterocycles. The lowest BCUT2D eigenvalue weighted by Gasteiger charge is -2.28. The third-order valence-corrected chi connectivity index (χ3v) is 4.63. The summed E-state index contributed by atoms with van der Waals surface area (Å²) in [6.45, 7) is 1.38. The molecule has 0 aliphatic rings. The van der Waals surface area contributed by atoms with Crippen LogP contribution in [0.5, 0.6) is 0 Å². The molecule has 0 saturated heterocycles. The Labute approximate surface area is 156 Å². The number of carbonyl (C=O) groups excluding carboxylic acids is 2. The maximum absolute atomic E-state index is 12.4. The number of benzene rings is 1. The van der Waals surface area contributed by atoms with E-state index in [1.165, 1.54) is 6.92 Å². The number of carboxylic acid groups (broad SMARTS) is 2. The minimum Gasteiger partial charge on any atom is -0.861 e. The quantitative estimate of drug-likeness (QED) is 0.223. The van der Waals surface area contributed by atoms with Crippen LogP contribution in [0.4, 0.5) is 0 Å². The lowest BCUT2D eigenvalue weighted by atomic mass is 10.1. The summed E-state index contributed by atoms with van der Waals surface area (Å²) >= 11 is 0. The van der Waals surface area contributed by atoms with Crippen LogP contribution in [0.3, 0.4) is 0 Å². The van der Waals surface area contributed by atoms with Crippen LogP contribution in [0.1, 0.15) is 25.3 Å². The molecule has 0 amide bonds. The van der Waals surface area contributed by atoms with Crippen LogP contribution >= 0.6 is 7.75 Å². The van der Waals surface area contributed by atoms with Gasteiger partial charge in [-0.2, -0.15) is 0 Å². The molecule has 1 aromatic rings. The molecule has 0 aliphatic heterocycles. The number of nitrogens with zero attached hydrogens (tertiary/aromatic N) is 1. The predicted molar refractivity (Wildman–Crippen MR) is 89.0 cm³/mol. The molecule has 3 atom stereocenters. The van der Waals surface area contributed by atoms with E-state index in [0.717, 1.165) is 0 Å². The first-order chi connectivity index (χ1) is 12.6. The van der Waals surface area contributed by atoms with E-state index in [2.05, 4.69) is 14.6 Å². The van der Waals surface area contributed by atoms with Gasteiger partial charge in [-0.25, -0.2) is 9.65 Å². The smallest absolute Gasteiger partial charge is 0.403 e. The van der Waals surface area contributed by atoms with Gasteiger partial charge in [-0.05, 0) is 37.6 Å². The van der Waals surface area contributed by atoms with Crippen LogP contribution in [-0.2, 0) is 25.1 Å². The number of aliphatic carboxylic acids is 2. The second kappa shape index (κ2) is 10.8. The summed E-state index contributed by atoms with van der Waals surface area (Å²) in [7, 11) is -4.34. The normalized spacial score (nSPS) is 16.3. The first kappa shape index (κ1) is 22.8. The zero-order valence-electron chi connectivity index (χ0n) is 14.6. The second-order valence-electron chi connectivity index (χ2n) is 5.52. The van der Waals surface area contributed by atoms with Crippen molar-refractivity contribution in [2.75, 3.05) is 6.61 Å². The summed E-state index contributed by atoms with van der Waals surface area (Å²) in [5.41, 5.74) is 0.620. The molecule has 1 unspecified atom stereocenters. The van der Waals surface area contributed by atoms with Gasteiger partial charge in [0, 0.05) is 12.0 Å². The van der Waals surface area contributed by atoms with E-state index < -0.39 is 50.5 Å². The number of hydrogen-bond donors (Lipinski definition) is 2. The summed E-state index contributed by atoms with van der Waals surface area (Å²) in [5.74, 6) is -4.28. The molecule has 0 aromatic heterocycles. The summed E-state index contributed by atoms with van der Waals surface area (Å²) < 4.78 is 16.6. The number of rotatable bonds is 12. The summed E-state index contributed by atoms with van der Waals surface area (Å²) in [6, 6.07) is 5.37. The van der Waals surface area contributed by atoms with Gasteiger partial charge in [0.2, 0.25) is 0 Å². The third-order valence-electron chi connectivity index (χ3n) is 3.38. The van der Waals surface area contributed by atoms with Gasteiger partial charge >= 0.3 is 7.75 Å². The Morgan fingerprint density at radius 3 is 2.41 bits per heavy atom. The Morgan fingerprint density at radius 2 is 1.89 bits per heavy atom. The van der Waals surface area contributed by atoms with Gasteiger partial charge in [0.25, 0.3) is 0 Å². The molecule has 0 radical (unpaired) electrons. The zero-order chi connectivity index (χ0) is 20.4. The molecule has 1 aromatic carbocycles. The van der Waals surface area contributed by atoms with Crippen molar-refractivity contribution in [3.8, 4) is 0 Å². The summed E-state index contributed by atoms with van der Waals surface area (Å²) in [4.78, 5) is 34.8. The van der Waals surface area contributed by atoms with E-state index in [-0.39, 0.29) is 13.0 Å². The highest BCUT2D eigenvalue weighted by atomic mass is 31.2. The molecule has 2 N–H and O–H groups in total. The zero-order valence-corrected chi connectivity index (χ0v) is 15.5. The Morgan fingerprint density at radius 1 is 1.26 bits per heavy atom. The molecule has 0 fully saturated rings. The van der Waals surface area contributed by atoms with Crippen LogP contribution in [0.25, 0.3) is 0 Å². The first-order valence-corrected chi connectivity index (χ1v) is 9.66. The average Bonchev–Trinajstić information content (AvgIpc) is 2.58. The Hall–Kier alpha value is -2.26. The number of carboxylic acids is 2. The minimum absolute atomic E-state index is 0.0684. The van der Waals surface area contributed by atoms with Gasteiger partial charge in [0.1, 0.15) is 0 Å². The molecule has 0 aliphatic carbocycles. The number of nitrogens with one attached hydrogen (secondary N) is 1. The Bertz CT molecular complexity index is 710. The fourth-order valence-electron chi connectivity index (χ4n) is 2.18. The van der Waals surface area contributed by atoms with Crippen molar-refractivity contribution in [2.24, 2.45) is 4.99 Å². The molecule has 0 bridgehead atoms. The highest BCUT2D eigenvalue weighted by Gasteiger charge is 2.25. The van der Waals surface area contributed by atoms with Gasteiger partial charge in [-0.1, -0.05) is 30.3 Å². The SMILES string of the molecule is CCOP(=O)(O)N[C@@H](Cc1ccccc1)C([O-])=N[C@@H](CCC(=O)[O-])C(=O)[O-]. The van der Waals surface area contributed by atoms with Crippen molar-refractivity contribution in [2.45, 2.75) is 38.3 Å². The maximum atomic E-state index is 12.4. The monoisotopic (exact) mass is 399 g/mol. The molecule has 0 saturated carbocycles. The van der Waals surface area contributed by atoms with E-state index in [9.17, 15) is 34.4 Å². The molecular weight excluding hydrogens is 379 g/mol. The van der Waals surface area contributed by atoms with Gasteiger partial charge in [0.15, 0.2) is 0 Å². The van der Waals surface area contributed by atoms with Crippen LogP contribution in [-0.4, -0.2) is 41.4 Å². The lowest BCUT2D eigenvalue weighted by Crippen LogP contribution is -2.46. The van der Waals surface area contributed by atoms with E-state index in [1.54, 1.807) is 30.3 Å². The fourth-order valence-corrected chi connectivity index (χ4v) is 3.20. The van der Waals surface area contributed by atoms with Crippen molar-refractivity contribution in [1.82, 2.24) is 5.09 Å². The lowest BCUT2D eigenvalue weighted by molar-refractivity contribution is -0.309. The standard InChI is InChI=1S/C16H23N2O8P/c1-2-26-27(24,25)18-13(10-11-6-4-3-5-7-11)15(21)17-12(16(22)23)8-9-14(19)20/h3-7,12-13H,2,8-10H2,1H3,(H,17,21)(H,19,20)(H,22,23)(H2,18,24,25)/p-3/t12-,13-/m0/s1. The Balaban J connectivity index is 3.08. The summed E-state index contributed by atoms with van der Waals surface area (Å²) in [6.07, 6.45) is -1.21. The van der Waals surface area contributed by atoms with E-state index in [4.69, 9.17) is 0 Å². The average molecular weight is 399 g/mol. The van der Waals surface area contributed by atoms with Crippen molar-refractivity contribution in [1.29, 1.82) is 0 Å². The summed E-state index contributed by atoms with van der Waals surface area (Å²) in [5, 5.41) is 36.2. The van der Waals surface area contributed by atoms with Gasteiger partial charge in [-0.15, -0.1) is 0 Å². The predicted octanol–water partition coefficient (Wildman–Crippen LogP) is -2.27. The highest BCUT2D eigenvalue weighted by molar-refractivity contribution is 7.50. The van der Waals surface area contributed by atoms with Crippen molar-refractivity contribution in [3.63, 3.8) is 0 Å². The maximum Gasteiger partial charge on any atom is 0.403 e. The molecule has 27 heavy (non-hydrogen) atoms. The number of carbonyl (C=O) groups is 2. The topological polar surface area (TPSA) is 174 Å². The number of hydrogen-bond acceptors (Lipinski definition) is 8.